The van der Waals surface area contributed by atoms with Gasteiger partial charge in [0.1, 0.15) is 5.52 Å². The number of nitrogens with two attached hydrogens (primary N) is 1. The minimum absolute atomic E-state index is 0.206. The molecule has 11 nitrogen and oxygen atoms in total. The lowest BCUT2D eigenvalue weighted by molar-refractivity contribution is -0.114. The molecule has 1 saturated heterocycles. The highest BCUT2D eigenvalue weighted by Gasteiger charge is 2.13. The lowest BCUT2D eigenvalue weighted by Gasteiger charge is -2.17. The molecule has 1 amide bonds. The minimum atomic E-state index is -0.206. The molecule has 3 heterocycles. The van der Waals surface area contributed by atoms with Gasteiger partial charge in [0.25, 0.3) is 0 Å². The highest BCUT2D eigenvalue weighted by molar-refractivity contribution is 5.94. The Morgan fingerprint density at radius 3 is 2.46 bits per heavy atom. The van der Waals surface area contributed by atoms with Crippen molar-refractivity contribution in [2.75, 3.05) is 34.4 Å². The summed E-state index contributed by atoms with van der Waals surface area (Å²) in [5, 5.41) is 14.7. The number of rotatable bonds is 6. The maximum Gasteiger partial charge on any atom is 0.231 e. The first-order valence-corrected chi connectivity index (χ1v) is 11.4. The van der Waals surface area contributed by atoms with Crippen molar-refractivity contribution in [1.29, 1.82) is 0 Å². The van der Waals surface area contributed by atoms with Gasteiger partial charge in [-0.15, -0.1) is 0 Å². The Labute approximate surface area is 202 Å². The molecule has 0 spiro atoms. The van der Waals surface area contributed by atoms with Crippen LogP contribution in [0.3, 0.4) is 0 Å². The highest BCUT2D eigenvalue weighted by Crippen LogP contribution is 2.31. The molecule has 0 atom stereocenters. The number of carbonyl (C=O) groups is 1. The van der Waals surface area contributed by atoms with Crippen LogP contribution in [0.4, 0.5) is 40.2 Å². The monoisotopic (exact) mass is 470 g/mol. The van der Waals surface area contributed by atoms with Gasteiger partial charge in [0.2, 0.25) is 11.9 Å². The molecule has 1 fully saturated rings. The average Bonchev–Trinajstić information content (AvgIpc) is 3.50. The van der Waals surface area contributed by atoms with Crippen LogP contribution < -0.4 is 21.3 Å². The predicted octanol–water partition coefficient (Wildman–Crippen LogP) is 4.66. The number of nitrogens with zero attached hydrogens (tertiary/aromatic N) is 7. The zero-order valence-corrected chi connectivity index (χ0v) is 19.6. The predicted molar refractivity (Wildman–Crippen MR) is 137 cm³/mol. The maximum atomic E-state index is 11.7. The third-order valence-electron chi connectivity index (χ3n) is 5.75. The summed E-state index contributed by atoms with van der Waals surface area (Å²) in [5.41, 5.74) is 10.9. The fourth-order valence-electron chi connectivity index (χ4n) is 4.02. The molecule has 1 aliphatic heterocycles. The number of imidazole rings is 1. The number of fused-ring (bicyclic) bond motifs is 1. The highest BCUT2D eigenvalue weighted by atomic mass is 16.1. The number of hydrogen-bond donors (Lipinski definition) is 3. The van der Waals surface area contributed by atoms with Gasteiger partial charge >= 0.3 is 0 Å². The normalized spacial score (nSPS) is 13.6. The summed E-state index contributed by atoms with van der Waals surface area (Å²) in [6.45, 7) is 3.64. The van der Waals surface area contributed by atoms with E-state index in [1.807, 2.05) is 19.2 Å². The van der Waals surface area contributed by atoms with Crippen LogP contribution in [0, 0.1) is 0 Å². The van der Waals surface area contributed by atoms with E-state index in [2.05, 4.69) is 52.8 Å². The standard InChI is InChI=1S/C24H26N10O/c1-15(35)27-19-10-7-17(32-31-16-5-8-18(9-6-16)34-11-3-4-12-34)13-20(19)28-24-29-22(25)21-23(30-24)33(2)14-26-21/h5-10,13-14H,3-4,11-12H2,1-2H3,(H,27,35)(H3,25,28,29,30)/b32-31+. The van der Waals surface area contributed by atoms with Crippen LogP contribution in [0.5, 0.6) is 0 Å². The topological polar surface area (TPSA) is 139 Å². The van der Waals surface area contributed by atoms with Crippen molar-refractivity contribution in [3.05, 3.63) is 48.8 Å². The van der Waals surface area contributed by atoms with Crippen LogP contribution in [0.2, 0.25) is 0 Å². The van der Waals surface area contributed by atoms with Gasteiger partial charge in [-0.3, -0.25) is 4.79 Å². The lowest BCUT2D eigenvalue weighted by Crippen LogP contribution is -2.17. The van der Waals surface area contributed by atoms with Crippen LogP contribution in [0.15, 0.2) is 59.0 Å². The van der Waals surface area contributed by atoms with E-state index in [0.29, 0.717) is 28.2 Å². The average molecular weight is 471 g/mol. The fourth-order valence-corrected chi connectivity index (χ4v) is 4.02. The van der Waals surface area contributed by atoms with E-state index in [-0.39, 0.29) is 17.7 Å². The van der Waals surface area contributed by atoms with Gasteiger partial charge < -0.3 is 25.8 Å². The van der Waals surface area contributed by atoms with E-state index >= 15 is 0 Å². The Balaban J connectivity index is 1.41. The molecule has 4 aromatic rings. The molecule has 35 heavy (non-hydrogen) atoms. The van der Waals surface area contributed by atoms with Crippen LogP contribution >= 0.6 is 0 Å². The van der Waals surface area contributed by atoms with Gasteiger partial charge in [0.15, 0.2) is 11.5 Å². The first kappa shape index (κ1) is 22.3. The van der Waals surface area contributed by atoms with Crippen LogP contribution in [-0.2, 0) is 11.8 Å². The van der Waals surface area contributed by atoms with Crippen molar-refractivity contribution in [3.8, 4) is 0 Å². The SMILES string of the molecule is CC(=O)Nc1ccc(/N=N/c2ccc(N3CCCC3)cc2)cc1Nc1nc(N)c2ncn(C)c2n1. The third-order valence-corrected chi connectivity index (χ3v) is 5.75. The first-order valence-electron chi connectivity index (χ1n) is 11.4. The smallest absolute Gasteiger partial charge is 0.231 e. The number of azo groups is 1. The second-order valence-corrected chi connectivity index (χ2v) is 8.41. The van der Waals surface area contributed by atoms with Gasteiger partial charge in [0.05, 0.1) is 29.1 Å². The van der Waals surface area contributed by atoms with Gasteiger partial charge in [-0.05, 0) is 55.3 Å². The Kier molecular flexibility index (Phi) is 5.96. The number of nitrogen functional groups attached to an aromatic ring is 1. The number of benzene rings is 2. The molecular weight excluding hydrogens is 444 g/mol. The molecule has 5 rings (SSSR count). The molecule has 178 valence electrons. The van der Waals surface area contributed by atoms with Crippen molar-refractivity contribution in [2.24, 2.45) is 17.3 Å². The molecule has 2 aromatic heterocycles. The fraction of sp³-hybridized carbons (Fsp3) is 0.250. The van der Waals surface area contributed by atoms with E-state index in [1.54, 1.807) is 29.1 Å². The van der Waals surface area contributed by atoms with E-state index in [9.17, 15) is 4.79 Å². The number of aromatic nitrogens is 4. The Morgan fingerprint density at radius 2 is 1.71 bits per heavy atom. The zero-order chi connectivity index (χ0) is 24.4. The quantitative estimate of drug-likeness (QED) is 0.348. The van der Waals surface area contributed by atoms with Crippen molar-refractivity contribution in [2.45, 2.75) is 19.8 Å². The second-order valence-electron chi connectivity index (χ2n) is 8.41. The van der Waals surface area contributed by atoms with Crippen molar-refractivity contribution in [3.63, 3.8) is 0 Å². The Hall–Kier alpha value is -4.54. The van der Waals surface area contributed by atoms with E-state index in [0.717, 1.165) is 18.8 Å². The lowest BCUT2D eigenvalue weighted by atomic mass is 10.2. The maximum absolute atomic E-state index is 11.7. The molecule has 11 heteroatoms. The molecule has 4 N–H and O–H groups in total. The van der Waals surface area contributed by atoms with Crippen molar-refractivity contribution in [1.82, 2.24) is 19.5 Å². The Bertz CT molecular complexity index is 1400. The summed E-state index contributed by atoms with van der Waals surface area (Å²) in [6, 6.07) is 13.4. The molecule has 0 unspecified atom stereocenters. The van der Waals surface area contributed by atoms with Gasteiger partial charge in [-0.1, -0.05) is 0 Å². The van der Waals surface area contributed by atoms with Crippen molar-refractivity contribution >= 4 is 57.3 Å². The van der Waals surface area contributed by atoms with Crippen LogP contribution in [0.25, 0.3) is 11.2 Å². The van der Waals surface area contributed by atoms with E-state index in [4.69, 9.17) is 5.73 Å². The summed E-state index contributed by atoms with van der Waals surface area (Å²) in [6.07, 6.45) is 4.10. The number of aryl methyl sites for hydroxylation is 1. The zero-order valence-electron chi connectivity index (χ0n) is 19.6. The molecule has 2 aromatic carbocycles. The molecule has 1 aliphatic rings. The molecule has 0 aliphatic carbocycles. The number of carbonyl (C=O) groups excluding carboxylic acids is 1. The van der Waals surface area contributed by atoms with Crippen molar-refractivity contribution < 1.29 is 4.79 Å². The molecule has 0 bridgehead atoms. The molecule has 0 radical (unpaired) electrons. The Morgan fingerprint density at radius 1 is 1.00 bits per heavy atom. The number of hydrogen-bond acceptors (Lipinski definition) is 9. The van der Waals surface area contributed by atoms with Gasteiger partial charge in [-0.25, -0.2) is 4.98 Å². The molecular formula is C24H26N10O. The summed E-state index contributed by atoms with van der Waals surface area (Å²) in [5.74, 6) is 0.326. The third kappa shape index (κ3) is 4.88. The van der Waals surface area contributed by atoms with Gasteiger partial charge in [0, 0.05) is 32.7 Å². The molecule has 0 saturated carbocycles. The van der Waals surface area contributed by atoms with Crippen LogP contribution in [0.1, 0.15) is 19.8 Å². The van der Waals surface area contributed by atoms with E-state index in [1.165, 1.54) is 25.5 Å². The summed E-state index contributed by atoms with van der Waals surface area (Å²) < 4.78 is 1.76. The summed E-state index contributed by atoms with van der Waals surface area (Å²) in [4.78, 5) is 27.1. The second kappa shape index (κ2) is 9.37. The number of anilines is 5. The number of nitrogens with one attached hydrogen (secondary N) is 2. The summed E-state index contributed by atoms with van der Waals surface area (Å²) >= 11 is 0. The first-order chi connectivity index (χ1) is 17.0. The largest absolute Gasteiger partial charge is 0.382 e. The summed E-state index contributed by atoms with van der Waals surface area (Å²) in [7, 11) is 1.83. The van der Waals surface area contributed by atoms with E-state index < -0.39 is 0 Å². The minimum Gasteiger partial charge on any atom is -0.382 e. The number of amides is 1. The van der Waals surface area contributed by atoms with Gasteiger partial charge in [-0.2, -0.15) is 20.2 Å². The van der Waals surface area contributed by atoms with Crippen LogP contribution in [-0.4, -0.2) is 38.5 Å².